The Morgan fingerprint density at radius 3 is 2.93 bits per heavy atom. The van der Waals surface area contributed by atoms with Gasteiger partial charge in [-0.3, -0.25) is 9.69 Å². The molecule has 4 nitrogen and oxygen atoms in total. The number of nitrogens with one attached hydrogen (secondary N) is 1. The molecule has 1 aliphatic heterocycles. The number of piperidine rings is 1. The summed E-state index contributed by atoms with van der Waals surface area (Å²) in [6.07, 6.45) is 2.39. The molecule has 1 N–H and O–H groups in total. The van der Waals surface area contributed by atoms with Crippen LogP contribution in [-0.4, -0.2) is 35.4 Å². The van der Waals surface area contributed by atoms with E-state index in [1.54, 1.807) is 11.3 Å². The first-order valence-corrected chi connectivity index (χ1v) is 11.8. The first-order valence-electron chi connectivity index (χ1n) is 9.23. The second-order valence-corrected chi connectivity index (χ2v) is 9.92. The first-order chi connectivity index (χ1) is 13.2. The van der Waals surface area contributed by atoms with Crippen molar-refractivity contribution >= 4 is 39.9 Å². The molecular weight excluding hydrogens is 394 g/mol. The zero-order valence-electron chi connectivity index (χ0n) is 15.3. The Hall–Kier alpha value is -1.54. The minimum Gasteiger partial charge on any atom is -0.351 e. The first kappa shape index (κ1) is 18.8. The maximum atomic E-state index is 12.7. The Morgan fingerprint density at radius 1 is 1.30 bits per heavy atom. The molecule has 4 rings (SSSR count). The zero-order chi connectivity index (χ0) is 18.6. The molecule has 0 aromatic carbocycles. The molecule has 0 bridgehead atoms. The summed E-state index contributed by atoms with van der Waals surface area (Å²) >= 11 is 4.97. The molecule has 1 fully saturated rings. The monoisotopic (exact) mass is 417 g/mol. The van der Waals surface area contributed by atoms with Crippen LogP contribution in [0.15, 0.2) is 35.0 Å². The number of carbonyl (C=O) groups is 1. The molecule has 0 radical (unpaired) electrons. The molecule has 1 unspecified atom stereocenters. The van der Waals surface area contributed by atoms with Gasteiger partial charge in [0, 0.05) is 24.5 Å². The van der Waals surface area contributed by atoms with Crippen LogP contribution < -0.4 is 5.32 Å². The van der Waals surface area contributed by atoms with E-state index in [1.807, 2.05) is 29.7 Å². The van der Waals surface area contributed by atoms with Crippen molar-refractivity contribution in [3.05, 3.63) is 50.5 Å². The topological polar surface area (TPSA) is 45.2 Å². The van der Waals surface area contributed by atoms with Gasteiger partial charge in [0.2, 0.25) is 0 Å². The number of likely N-dealkylation sites (tertiary alicyclic amines) is 1. The largest absolute Gasteiger partial charge is 0.351 e. The molecule has 142 valence electrons. The van der Waals surface area contributed by atoms with Crippen LogP contribution in [0.4, 0.5) is 0 Å². The lowest BCUT2D eigenvalue weighted by Crippen LogP contribution is -2.40. The SMILES string of the molecule is Cc1nc(-c2cccs2)sc1C(=O)NCC1CCCN(Cc2cccs2)C1. The maximum Gasteiger partial charge on any atom is 0.263 e. The quantitative estimate of drug-likeness (QED) is 0.621. The van der Waals surface area contributed by atoms with Gasteiger partial charge < -0.3 is 5.32 Å². The molecule has 4 heterocycles. The smallest absolute Gasteiger partial charge is 0.263 e. The van der Waals surface area contributed by atoms with E-state index < -0.39 is 0 Å². The molecule has 0 aliphatic carbocycles. The lowest BCUT2D eigenvalue weighted by atomic mass is 9.98. The number of thiophene rings is 2. The molecule has 1 atom stereocenters. The van der Waals surface area contributed by atoms with Gasteiger partial charge in [-0.2, -0.15) is 0 Å². The molecule has 1 aliphatic rings. The van der Waals surface area contributed by atoms with E-state index in [0.717, 1.165) is 46.6 Å². The molecule has 0 spiro atoms. The van der Waals surface area contributed by atoms with Gasteiger partial charge in [0.25, 0.3) is 5.91 Å². The van der Waals surface area contributed by atoms with Gasteiger partial charge in [-0.1, -0.05) is 12.1 Å². The van der Waals surface area contributed by atoms with Gasteiger partial charge in [0.05, 0.1) is 10.6 Å². The fourth-order valence-corrected chi connectivity index (χ4v) is 6.04. The molecule has 1 amide bonds. The van der Waals surface area contributed by atoms with E-state index in [9.17, 15) is 4.79 Å². The molecule has 27 heavy (non-hydrogen) atoms. The average Bonchev–Trinajstić information content (AvgIpc) is 3.41. The van der Waals surface area contributed by atoms with E-state index in [-0.39, 0.29) is 5.91 Å². The third-order valence-electron chi connectivity index (χ3n) is 4.85. The fraction of sp³-hybridized carbons (Fsp3) is 0.400. The number of rotatable bonds is 6. The van der Waals surface area contributed by atoms with Crippen LogP contribution in [0.1, 0.15) is 33.1 Å². The lowest BCUT2D eigenvalue weighted by Gasteiger charge is -2.32. The highest BCUT2D eigenvalue weighted by Gasteiger charge is 2.22. The van der Waals surface area contributed by atoms with Crippen molar-refractivity contribution in [2.24, 2.45) is 5.92 Å². The van der Waals surface area contributed by atoms with Crippen LogP contribution in [0.3, 0.4) is 0 Å². The fourth-order valence-electron chi connectivity index (χ4n) is 3.51. The third kappa shape index (κ3) is 4.66. The third-order valence-corrected chi connectivity index (χ3v) is 7.91. The highest BCUT2D eigenvalue weighted by atomic mass is 32.1. The summed E-state index contributed by atoms with van der Waals surface area (Å²) in [7, 11) is 0. The van der Waals surface area contributed by atoms with E-state index in [0.29, 0.717) is 5.92 Å². The molecule has 0 saturated carbocycles. The molecule has 3 aromatic rings. The van der Waals surface area contributed by atoms with Crippen molar-refractivity contribution < 1.29 is 4.79 Å². The van der Waals surface area contributed by atoms with Crippen LogP contribution in [-0.2, 0) is 6.54 Å². The van der Waals surface area contributed by atoms with E-state index in [2.05, 4.69) is 38.8 Å². The number of hydrogen-bond acceptors (Lipinski definition) is 6. The summed E-state index contributed by atoms with van der Waals surface area (Å²) in [6, 6.07) is 8.38. The van der Waals surface area contributed by atoms with Crippen molar-refractivity contribution in [2.75, 3.05) is 19.6 Å². The lowest BCUT2D eigenvalue weighted by molar-refractivity contribution is 0.0934. The summed E-state index contributed by atoms with van der Waals surface area (Å²) in [5.74, 6) is 0.538. The number of thiazole rings is 1. The summed E-state index contributed by atoms with van der Waals surface area (Å²) in [5.41, 5.74) is 0.823. The summed E-state index contributed by atoms with van der Waals surface area (Å²) in [4.78, 5) is 23.1. The van der Waals surface area contributed by atoms with Crippen LogP contribution >= 0.6 is 34.0 Å². The Kier molecular flexibility index (Phi) is 6.02. The van der Waals surface area contributed by atoms with Gasteiger partial charge >= 0.3 is 0 Å². The number of hydrogen-bond donors (Lipinski definition) is 1. The van der Waals surface area contributed by atoms with Gasteiger partial charge in [0.15, 0.2) is 0 Å². The maximum absolute atomic E-state index is 12.7. The Balaban J connectivity index is 1.32. The molecule has 1 saturated heterocycles. The normalized spacial score (nSPS) is 17.9. The highest BCUT2D eigenvalue weighted by Crippen LogP contribution is 2.31. The molecule has 3 aromatic heterocycles. The number of nitrogens with zero attached hydrogens (tertiary/aromatic N) is 2. The van der Waals surface area contributed by atoms with Gasteiger partial charge in [-0.25, -0.2) is 4.98 Å². The number of aryl methyl sites for hydroxylation is 1. The van der Waals surface area contributed by atoms with Gasteiger partial charge in [-0.05, 0) is 55.1 Å². The number of aromatic nitrogens is 1. The summed E-state index contributed by atoms with van der Waals surface area (Å²) < 4.78 is 0. The van der Waals surface area contributed by atoms with Crippen LogP contribution in [0, 0.1) is 12.8 Å². The summed E-state index contributed by atoms with van der Waals surface area (Å²) in [6.45, 7) is 5.90. The Morgan fingerprint density at radius 2 is 2.15 bits per heavy atom. The Bertz CT molecular complexity index is 871. The average molecular weight is 418 g/mol. The van der Waals surface area contributed by atoms with E-state index in [1.165, 1.54) is 29.1 Å². The molecule has 7 heteroatoms. The van der Waals surface area contributed by atoms with Crippen molar-refractivity contribution in [1.29, 1.82) is 0 Å². The predicted molar refractivity (Wildman–Crippen MR) is 115 cm³/mol. The minimum absolute atomic E-state index is 0.0168. The van der Waals surface area contributed by atoms with Crippen molar-refractivity contribution in [2.45, 2.75) is 26.3 Å². The summed E-state index contributed by atoms with van der Waals surface area (Å²) in [5, 5.41) is 8.27. The van der Waals surface area contributed by atoms with E-state index >= 15 is 0 Å². The number of amides is 1. The predicted octanol–water partition coefficient (Wildman–Crippen LogP) is 4.88. The highest BCUT2D eigenvalue weighted by molar-refractivity contribution is 7.22. The van der Waals surface area contributed by atoms with Gasteiger partial charge in [-0.15, -0.1) is 34.0 Å². The minimum atomic E-state index is 0.0168. The van der Waals surface area contributed by atoms with Crippen molar-refractivity contribution in [3.8, 4) is 9.88 Å². The van der Waals surface area contributed by atoms with Crippen LogP contribution in [0.25, 0.3) is 9.88 Å². The van der Waals surface area contributed by atoms with Crippen molar-refractivity contribution in [1.82, 2.24) is 15.2 Å². The second-order valence-electron chi connectivity index (χ2n) is 6.94. The molecular formula is C20H23N3OS3. The van der Waals surface area contributed by atoms with Crippen LogP contribution in [0.2, 0.25) is 0 Å². The van der Waals surface area contributed by atoms with E-state index in [4.69, 9.17) is 0 Å². The van der Waals surface area contributed by atoms with Gasteiger partial charge in [0.1, 0.15) is 9.88 Å². The zero-order valence-corrected chi connectivity index (χ0v) is 17.8. The Labute approximate surface area is 171 Å². The number of carbonyl (C=O) groups excluding carboxylic acids is 1. The van der Waals surface area contributed by atoms with Crippen molar-refractivity contribution in [3.63, 3.8) is 0 Å². The standard InChI is InChI=1S/C20H23N3OS3/c1-14-18(27-20(22-14)17-7-4-10-26-17)19(24)21-11-15-5-2-8-23(12-15)13-16-6-3-9-25-16/h3-4,6-7,9-10,15H,2,5,8,11-13H2,1H3,(H,21,24). The van der Waals surface area contributed by atoms with Crippen LogP contribution in [0.5, 0.6) is 0 Å². The second kappa shape index (κ2) is 8.65.